The van der Waals surface area contributed by atoms with E-state index >= 15 is 0 Å². The molecule has 3 rings (SSSR count). The van der Waals surface area contributed by atoms with E-state index in [-0.39, 0.29) is 28.7 Å². The highest BCUT2D eigenvalue weighted by Crippen LogP contribution is 2.59. The van der Waals surface area contributed by atoms with Crippen molar-refractivity contribution >= 4 is 17.6 Å². The molecule has 1 spiro atoms. The Kier molecular flexibility index (Phi) is 4.70. The summed E-state index contributed by atoms with van der Waals surface area (Å²) in [4.78, 5) is 36.1. The van der Waals surface area contributed by atoms with Gasteiger partial charge in [0.15, 0.2) is 0 Å². The summed E-state index contributed by atoms with van der Waals surface area (Å²) in [6, 6.07) is 3.30. The third-order valence-corrected chi connectivity index (χ3v) is 5.80. The molecule has 1 N–H and O–H groups in total. The number of benzene rings is 1. The molecule has 140 valence electrons. The van der Waals surface area contributed by atoms with Crippen LogP contribution in [0.4, 0.5) is 5.69 Å². The maximum absolute atomic E-state index is 12.9. The molecule has 26 heavy (non-hydrogen) atoms. The quantitative estimate of drug-likeness (QED) is 0.615. The van der Waals surface area contributed by atoms with Crippen molar-refractivity contribution in [1.29, 1.82) is 0 Å². The maximum atomic E-state index is 12.9. The van der Waals surface area contributed by atoms with E-state index in [1.165, 1.54) is 6.07 Å². The lowest BCUT2D eigenvalue weighted by molar-refractivity contribution is -0.384. The topological polar surface area (TPSA) is 110 Å². The number of carboxylic acid groups (broad SMARTS) is 1. The van der Waals surface area contributed by atoms with Crippen molar-refractivity contribution < 1.29 is 24.4 Å². The smallest absolute Gasteiger partial charge is 0.335 e. The number of non-ortho nitro benzene ring substituents is 1. The molecular weight excluding hydrogens is 340 g/mol. The van der Waals surface area contributed by atoms with Gasteiger partial charge in [0.1, 0.15) is 0 Å². The van der Waals surface area contributed by atoms with Gasteiger partial charge in [0.2, 0.25) is 0 Å². The summed E-state index contributed by atoms with van der Waals surface area (Å²) in [5.74, 6) is -1.71. The minimum atomic E-state index is -1.30. The van der Waals surface area contributed by atoms with Gasteiger partial charge in [-0.15, -0.1) is 0 Å². The Bertz CT molecular complexity index is 726. The van der Waals surface area contributed by atoms with Crippen LogP contribution in [0.2, 0.25) is 0 Å². The Labute approximate surface area is 150 Å². The van der Waals surface area contributed by atoms with Crippen LogP contribution in [0.1, 0.15) is 53.3 Å². The highest BCUT2D eigenvalue weighted by molar-refractivity contribution is 5.98. The fraction of sp³-hybridized carbons (Fsp3) is 0.556. The first-order chi connectivity index (χ1) is 12.3. The largest absolute Gasteiger partial charge is 0.478 e. The van der Waals surface area contributed by atoms with Crippen molar-refractivity contribution in [2.24, 2.45) is 5.41 Å². The summed E-state index contributed by atoms with van der Waals surface area (Å²) < 4.78 is 5.80. The third-order valence-electron chi connectivity index (χ3n) is 5.80. The number of carboxylic acids is 1. The van der Waals surface area contributed by atoms with Crippen molar-refractivity contribution in [3.63, 3.8) is 0 Å². The molecule has 8 heteroatoms. The van der Waals surface area contributed by atoms with E-state index in [1.54, 1.807) is 11.9 Å². The predicted octanol–water partition coefficient (Wildman–Crippen LogP) is 2.71. The van der Waals surface area contributed by atoms with Gasteiger partial charge in [0, 0.05) is 42.8 Å². The minimum Gasteiger partial charge on any atom is -0.478 e. The number of nitro groups is 1. The zero-order chi connectivity index (χ0) is 19.1. The lowest BCUT2D eigenvalue weighted by Gasteiger charge is -2.63. The first-order valence-electron chi connectivity index (χ1n) is 8.71. The highest BCUT2D eigenvalue weighted by atomic mass is 16.6. The second kappa shape index (κ2) is 6.68. The van der Waals surface area contributed by atoms with Crippen molar-refractivity contribution in [3.8, 4) is 0 Å². The first kappa shape index (κ1) is 18.3. The molecule has 1 amide bonds. The molecule has 2 atom stereocenters. The van der Waals surface area contributed by atoms with Gasteiger partial charge in [-0.1, -0.05) is 6.42 Å². The van der Waals surface area contributed by atoms with Gasteiger partial charge >= 0.3 is 5.97 Å². The monoisotopic (exact) mass is 362 g/mol. The van der Waals surface area contributed by atoms with Crippen molar-refractivity contribution in [2.75, 3.05) is 13.7 Å². The van der Waals surface area contributed by atoms with Gasteiger partial charge in [0.25, 0.3) is 11.6 Å². The number of ether oxygens (including phenoxy) is 1. The van der Waals surface area contributed by atoms with Gasteiger partial charge in [0.05, 0.1) is 16.6 Å². The molecule has 8 nitrogen and oxygen atoms in total. The van der Waals surface area contributed by atoms with Crippen LogP contribution in [0.25, 0.3) is 0 Å². The maximum Gasteiger partial charge on any atom is 0.335 e. The summed E-state index contributed by atoms with van der Waals surface area (Å²) in [6.45, 7) is 2.58. The average Bonchev–Trinajstić information content (AvgIpc) is 2.55. The summed E-state index contributed by atoms with van der Waals surface area (Å²) >= 11 is 0. The number of carbonyl (C=O) groups excluding carboxylic acids is 1. The lowest BCUT2D eigenvalue weighted by atomic mass is 9.50. The van der Waals surface area contributed by atoms with Crippen LogP contribution in [0.5, 0.6) is 0 Å². The Morgan fingerprint density at radius 2 is 2.00 bits per heavy atom. The summed E-state index contributed by atoms with van der Waals surface area (Å²) in [5, 5.41) is 20.2. The number of rotatable bonds is 6. The van der Waals surface area contributed by atoms with E-state index in [1.807, 2.05) is 6.92 Å². The van der Waals surface area contributed by atoms with Gasteiger partial charge in [-0.05, 0) is 32.3 Å². The van der Waals surface area contributed by atoms with E-state index in [0.29, 0.717) is 6.61 Å². The minimum absolute atomic E-state index is 0.00726. The van der Waals surface area contributed by atoms with Gasteiger partial charge < -0.3 is 14.7 Å². The number of hydrogen-bond acceptors (Lipinski definition) is 5. The lowest BCUT2D eigenvalue weighted by Crippen LogP contribution is -2.67. The highest BCUT2D eigenvalue weighted by Gasteiger charge is 2.60. The molecule has 1 aromatic carbocycles. The molecule has 0 bridgehead atoms. The van der Waals surface area contributed by atoms with Crippen molar-refractivity contribution in [2.45, 2.75) is 44.8 Å². The second-order valence-corrected chi connectivity index (χ2v) is 7.03. The number of carbonyl (C=O) groups is 2. The molecule has 2 aliphatic rings. The Hall–Kier alpha value is -2.48. The molecule has 0 heterocycles. The van der Waals surface area contributed by atoms with E-state index in [9.17, 15) is 19.7 Å². The van der Waals surface area contributed by atoms with Crippen LogP contribution in [-0.2, 0) is 4.74 Å². The Morgan fingerprint density at radius 1 is 1.35 bits per heavy atom. The van der Waals surface area contributed by atoms with Gasteiger partial charge in [-0.2, -0.15) is 0 Å². The molecule has 2 saturated carbocycles. The summed E-state index contributed by atoms with van der Waals surface area (Å²) in [7, 11) is 1.68. The van der Waals surface area contributed by atoms with E-state index < -0.39 is 22.5 Å². The molecule has 2 aliphatic carbocycles. The number of nitro benzene ring substituents is 1. The fourth-order valence-corrected chi connectivity index (χ4v) is 4.25. The number of aromatic carboxylic acids is 1. The van der Waals surface area contributed by atoms with E-state index in [0.717, 1.165) is 37.8 Å². The summed E-state index contributed by atoms with van der Waals surface area (Å²) in [6.07, 6.45) is 3.96. The third kappa shape index (κ3) is 2.84. The van der Waals surface area contributed by atoms with Crippen LogP contribution in [-0.4, -0.2) is 52.6 Å². The molecular formula is C18H22N2O6. The van der Waals surface area contributed by atoms with Gasteiger partial charge in [-0.3, -0.25) is 14.9 Å². The Morgan fingerprint density at radius 3 is 2.50 bits per heavy atom. The average molecular weight is 362 g/mol. The normalized spacial score (nSPS) is 23.0. The second-order valence-electron chi connectivity index (χ2n) is 7.03. The fourth-order valence-electron chi connectivity index (χ4n) is 4.25. The van der Waals surface area contributed by atoms with Gasteiger partial charge in [-0.25, -0.2) is 4.79 Å². The Balaban J connectivity index is 1.85. The van der Waals surface area contributed by atoms with Crippen LogP contribution in [0.15, 0.2) is 18.2 Å². The standard InChI is InChI=1S/C18H22N2O6/c1-3-26-15-10-14(18(15)5-4-6-18)19(2)16(21)11-7-12(17(22)23)9-13(8-11)20(24)25/h7-9,14-15H,3-6,10H2,1-2H3,(H,22,23). The molecule has 0 aromatic heterocycles. The van der Waals surface area contributed by atoms with Crippen molar-refractivity contribution in [3.05, 3.63) is 39.4 Å². The molecule has 1 aromatic rings. The predicted molar refractivity (Wildman–Crippen MR) is 92.3 cm³/mol. The van der Waals surface area contributed by atoms with Crippen molar-refractivity contribution in [1.82, 2.24) is 4.90 Å². The molecule has 0 radical (unpaired) electrons. The van der Waals surface area contributed by atoms with Crippen LogP contribution in [0.3, 0.4) is 0 Å². The first-order valence-corrected chi connectivity index (χ1v) is 8.71. The number of amides is 1. The van der Waals surface area contributed by atoms with Crippen LogP contribution in [0, 0.1) is 15.5 Å². The molecule has 0 aliphatic heterocycles. The van der Waals surface area contributed by atoms with E-state index in [2.05, 4.69) is 0 Å². The zero-order valence-electron chi connectivity index (χ0n) is 14.8. The number of hydrogen-bond donors (Lipinski definition) is 1. The summed E-state index contributed by atoms with van der Waals surface area (Å²) in [5.41, 5.74) is -0.680. The molecule has 0 saturated heterocycles. The zero-order valence-corrected chi connectivity index (χ0v) is 14.8. The number of nitrogens with zero attached hydrogens (tertiary/aromatic N) is 2. The SMILES string of the molecule is CCOC1CC(N(C)C(=O)c2cc(C(=O)O)cc([N+](=O)[O-])c2)C12CCC2. The van der Waals surface area contributed by atoms with E-state index in [4.69, 9.17) is 9.84 Å². The van der Waals surface area contributed by atoms with Crippen LogP contribution < -0.4 is 0 Å². The molecule has 2 fully saturated rings. The van der Waals surface area contributed by atoms with Crippen LogP contribution >= 0.6 is 0 Å². The molecule has 2 unspecified atom stereocenters.